The number of pyridine rings is 1. The highest BCUT2D eigenvalue weighted by Gasteiger charge is 2.25. The number of rotatable bonds is 15. The maximum absolute atomic E-state index is 13.0. The van der Waals surface area contributed by atoms with Crippen molar-refractivity contribution in [1.29, 1.82) is 0 Å². The first-order valence-electron chi connectivity index (χ1n) is 17.6. The fourth-order valence-corrected chi connectivity index (χ4v) is 5.60. The van der Waals surface area contributed by atoms with Crippen molar-refractivity contribution in [1.82, 2.24) is 20.6 Å². The Kier molecular flexibility index (Phi) is 13.0. The summed E-state index contributed by atoms with van der Waals surface area (Å²) >= 11 is 0. The van der Waals surface area contributed by atoms with E-state index in [-0.39, 0.29) is 31.8 Å². The second-order valence-electron chi connectivity index (χ2n) is 13.6. The molecule has 0 aliphatic rings. The highest BCUT2D eigenvalue weighted by Crippen LogP contribution is 2.35. The van der Waals surface area contributed by atoms with Gasteiger partial charge in [-0.25, -0.2) is 14.8 Å². The SMILES string of the molecule is COC(=O)C[C@H](NC(=O)CNC(=O)CCCN(C(=O)OC(C)(C)C)c1cc(C)ccn1)c1ccc(-c2ccc(OCc3ccccc3)c3ncoc23)cc1. The number of methoxy groups -OCH3 is 1. The molecule has 0 saturated heterocycles. The van der Waals surface area contributed by atoms with Crippen molar-refractivity contribution in [3.63, 3.8) is 0 Å². The average Bonchev–Trinajstić information content (AvgIpc) is 3.65. The normalized spacial score (nSPS) is 11.7. The smallest absolute Gasteiger partial charge is 0.416 e. The van der Waals surface area contributed by atoms with Crippen LogP contribution in [0.4, 0.5) is 10.6 Å². The van der Waals surface area contributed by atoms with Gasteiger partial charge in [-0.3, -0.25) is 19.3 Å². The highest BCUT2D eigenvalue weighted by molar-refractivity contribution is 5.94. The molecule has 5 aromatic rings. The molecule has 0 aliphatic heterocycles. The van der Waals surface area contributed by atoms with Crippen LogP contribution in [-0.2, 0) is 30.5 Å². The molecule has 2 heterocycles. The van der Waals surface area contributed by atoms with E-state index in [1.54, 1.807) is 33.0 Å². The number of benzene rings is 3. The van der Waals surface area contributed by atoms with Gasteiger partial charge in [0, 0.05) is 24.7 Å². The Hall–Kier alpha value is -6.24. The van der Waals surface area contributed by atoms with Crippen LogP contribution in [0, 0.1) is 6.92 Å². The van der Waals surface area contributed by atoms with Gasteiger partial charge in [-0.2, -0.15) is 0 Å². The van der Waals surface area contributed by atoms with Crippen LogP contribution in [0.3, 0.4) is 0 Å². The van der Waals surface area contributed by atoms with E-state index in [1.807, 2.05) is 79.7 Å². The maximum Gasteiger partial charge on any atom is 0.416 e. The summed E-state index contributed by atoms with van der Waals surface area (Å²) in [5.74, 6) is -0.369. The number of carbonyl (C=O) groups excluding carboxylic acids is 4. The summed E-state index contributed by atoms with van der Waals surface area (Å²) in [6.07, 6.45) is 2.63. The fraction of sp³-hybridized carbons (Fsp3) is 0.317. The number of oxazole rings is 1. The quantitative estimate of drug-likeness (QED) is 0.109. The third kappa shape index (κ3) is 10.9. The lowest BCUT2D eigenvalue weighted by Gasteiger charge is -2.27. The first kappa shape index (κ1) is 39.0. The van der Waals surface area contributed by atoms with Gasteiger partial charge in [0.1, 0.15) is 23.8 Å². The number of fused-ring (bicyclic) bond motifs is 1. The number of nitrogens with one attached hydrogen (secondary N) is 2. The summed E-state index contributed by atoms with van der Waals surface area (Å²) < 4.78 is 22.2. The van der Waals surface area contributed by atoms with Gasteiger partial charge in [-0.15, -0.1) is 0 Å². The molecule has 0 unspecified atom stereocenters. The molecular weight excluding hydrogens is 690 g/mol. The van der Waals surface area contributed by atoms with Gasteiger partial charge in [-0.1, -0.05) is 54.6 Å². The van der Waals surface area contributed by atoms with Gasteiger partial charge in [0.2, 0.25) is 11.8 Å². The lowest BCUT2D eigenvalue weighted by atomic mass is 9.98. The van der Waals surface area contributed by atoms with Crippen LogP contribution in [0.15, 0.2) is 95.9 Å². The van der Waals surface area contributed by atoms with E-state index in [0.717, 1.165) is 22.3 Å². The third-order valence-corrected chi connectivity index (χ3v) is 8.26. The Morgan fingerprint density at radius 1 is 0.926 bits per heavy atom. The zero-order chi connectivity index (χ0) is 38.7. The molecule has 0 aliphatic carbocycles. The van der Waals surface area contributed by atoms with Crippen LogP contribution in [0.5, 0.6) is 5.75 Å². The topological polar surface area (TPSA) is 162 Å². The monoisotopic (exact) mass is 735 g/mol. The van der Waals surface area contributed by atoms with Crippen molar-refractivity contribution >= 4 is 40.8 Å². The van der Waals surface area contributed by atoms with Gasteiger partial charge in [0.15, 0.2) is 17.5 Å². The molecule has 3 amide bonds. The highest BCUT2D eigenvalue weighted by atomic mass is 16.6. The summed E-state index contributed by atoms with van der Waals surface area (Å²) in [5.41, 5.74) is 4.67. The first-order valence-corrected chi connectivity index (χ1v) is 17.6. The molecule has 1 atom stereocenters. The molecule has 0 spiro atoms. The summed E-state index contributed by atoms with van der Waals surface area (Å²) in [6.45, 7) is 7.46. The molecule has 54 heavy (non-hydrogen) atoms. The molecule has 13 nitrogen and oxygen atoms in total. The van der Waals surface area contributed by atoms with Gasteiger partial charge in [0.05, 0.1) is 26.1 Å². The van der Waals surface area contributed by atoms with Gasteiger partial charge >= 0.3 is 12.1 Å². The average molecular weight is 736 g/mol. The molecule has 5 rings (SSSR count). The van der Waals surface area contributed by atoms with Crippen LogP contribution in [0.1, 0.15) is 62.8 Å². The Balaban J connectivity index is 1.18. The zero-order valence-electron chi connectivity index (χ0n) is 31.1. The second kappa shape index (κ2) is 18.0. The van der Waals surface area contributed by atoms with Crippen molar-refractivity contribution in [2.24, 2.45) is 0 Å². The van der Waals surface area contributed by atoms with Crippen LogP contribution >= 0.6 is 0 Å². The minimum atomic E-state index is -0.723. The molecule has 282 valence electrons. The van der Waals surface area contributed by atoms with E-state index in [1.165, 1.54) is 18.4 Å². The van der Waals surface area contributed by atoms with E-state index in [0.29, 0.717) is 41.3 Å². The Bertz CT molecular complexity index is 2060. The lowest BCUT2D eigenvalue weighted by molar-refractivity contribution is -0.141. The second-order valence-corrected chi connectivity index (χ2v) is 13.6. The number of hydrogen-bond acceptors (Lipinski definition) is 10. The predicted molar refractivity (Wildman–Crippen MR) is 203 cm³/mol. The Morgan fingerprint density at radius 2 is 1.69 bits per heavy atom. The largest absolute Gasteiger partial charge is 0.486 e. The predicted octanol–water partition coefficient (Wildman–Crippen LogP) is 6.84. The lowest BCUT2D eigenvalue weighted by Crippen LogP contribution is -2.40. The number of ether oxygens (including phenoxy) is 3. The first-order chi connectivity index (χ1) is 25.9. The number of carbonyl (C=O) groups is 4. The molecule has 0 bridgehead atoms. The number of hydrogen-bond donors (Lipinski definition) is 2. The van der Waals surface area contributed by atoms with Crippen LogP contribution < -0.4 is 20.3 Å². The molecule has 13 heteroatoms. The van der Waals surface area contributed by atoms with Crippen molar-refractivity contribution in [2.45, 2.75) is 65.2 Å². The third-order valence-electron chi connectivity index (χ3n) is 8.26. The van der Waals surface area contributed by atoms with Crippen LogP contribution in [0.2, 0.25) is 0 Å². The number of esters is 1. The Labute approximate surface area is 314 Å². The van der Waals surface area contributed by atoms with Crippen molar-refractivity contribution in [2.75, 3.05) is 25.1 Å². The molecular formula is C41H45N5O8. The van der Waals surface area contributed by atoms with Gasteiger partial charge in [-0.05, 0) is 80.6 Å². The van der Waals surface area contributed by atoms with Crippen LogP contribution in [0.25, 0.3) is 22.2 Å². The minimum Gasteiger partial charge on any atom is -0.486 e. The molecule has 0 radical (unpaired) electrons. The van der Waals surface area contributed by atoms with E-state index in [2.05, 4.69) is 20.6 Å². The standard InChI is InChI=1S/C41H45N5O8/c1-27-19-20-42-34(22-27)46(40(50)54-41(2,3)4)21-9-12-35(47)43-24-36(48)45-32(23-37(49)51-5)30-15-13-29(14-16-30)31-17-18-33(38-39(31)53-26-44-38)52-25-28-10-7-6-8-11-28/h6-8,10-11,13-20,22,26,32H,9,12,21,23-25H2,1-5H3,(H,43,47)(H,45,48)/t32-/m0/s1. The van der Waals surface area contributed by atoms with E-state index in [4.69, 9.17) is 18.6 Å². The van der Waals surface area contributed by atoms with Gasteiger partial charge < -0.3 is 29.3 Å². The summed E-state index contributed by atoms with van der Waals surface area (Å²) in [5, 5.41) is 5.45. The maximum atomic E-state index is 13.0. The van der Waals surface area contributed by atoms with E-state index < -0.39 is 29.6 Å². The fourth-order valence-electron chi connectivity index (χ4n) is 5.60. The Morgan fingerprint density at radius 3 is 2.39 bits per heavy atom. The van der Waals surface area contributed by atoms with Crippen molar-refractivity contribution < 1.29 is 37.8 Å². The number of aromatic nitrogens is 2. The number of anilines is 1. The zero-order valence-corrected chi connectivity index (χ0v) is 31.1. The van der Waals surface area contributed by atoms with Crippen molar-refractivity contribution in [3.05, 3.63) is 108 Å². The number of aryl methyl sites for hydroxylation is 1. The van der Waals surface area contributed by atoms with Gasteiger partial charge in [0.25, 0.3) is 0 Å². The van der Waals surface area contributed by atoms with E-state index in [9.17, 15) is 19.2 Å². The van der Waals surface area contributed by atoms with Crippen molar-refractivity contribution in [3.8, 4) is 16.9 Å². The summed E-state index contributed by atoms with van der Waals surface area (Å²) in [7, 11) is 1.28. The minimum absolute atomic E-state index is 0.0457. The van der Waals surface area contributed by atoms with Crippen LogP contribution in [-0.4, -0.2) is 59.6 Å². The molecule has 3 aromatic carbocycles. The number of nitrogens with zero attached hydrogens (tertiary/aromatic N) is 3. The molecule has 0 saturated carbocycles. The summed E-state index contributed by atoms with van der Waals surface area (Å²) in [6, 6.07) is 23.8. The molecule has 0 fully saturated rings. The summed E-state index contributed by atoms with van der Waals surface area (Å²) in [4.78, 5) is 61.1. The van der Waals surface area contributed by atoms with E-state index >= 15 is 0 Å². The molecule has 2 N–H and O–H groups in total. The molecule has 2 aromatic heterocycles. The number of amides is 3.